The molecular weight excluding hydrogens is 223 g/mol. The van der Waals surface area contributed by atoms with Crippen molar-refractivity contribution in [3.8, 4) is 0 Å². The van der Waals surface area contributed by atoms with Crippen LogP contribution >= 0.6 is 34.5 Å². The second-order valence-corrected chi connectivity index (χ2v) is 4.55. The summed E-state index contributed by atoms with van der Waals surface area (Å²) in [4.78, 5) is 0. The van der Waals surface area contributed by atoms with E-state index < -0.39 is 0 Å². The Morgan fingerprint density at radius 2 is 2.15 bits per heavy atom. The van der Waals surface area contributed by atoms with E-state index >= 15 is 0 Å². The van der Waals surface area contributed by atoms with E-state index in [9.17, 15) is 0 Å². The molecule has 3 heteroatoms. The number of rotatable bonds is 1. The van der Waals surface area contributed by atoms with Crippen molar-refractivity contribution >= 4 is 44.6 Å². The first-order valence-corrected chi connectivity index (χ1v) is 5.71. The van der Waals surface area contributed by atoms with Gasteiger partial charge in [0.15, 0.2) is 0 Å². The van der Waals surface area contributed by atoms with Crippen molar-refractivity contribution in [1.29, 1.82) is 0 Å². The van der Waals surface area contributed by atoms with Gasteiger partial charge in [0.2, 0.25) is 0 Å². The SMILES string of the molecule is CCc1cc(Cl)c2sccc2c1Cl. The van der Waals surface area contributed by atoms with Crippen LogP contribution < -0.4 is 0 Å². The van der Waals surface area contributed by atoms with Crippen LogP contribution in [0.4, 0.5) is 0 Å². The number of thiophene rings is 1. The predicted molar refractivity (Wildman–Crippen MR) is 61.2 cm³/mol. The summed E-state index contributed by atoms with van der Waals surface area (Å²) in [6.07, 6.45) is 0.921. The molecule has 0 amide bonds. The minimum atomic E-state index is 0.811. The van der Waals surface area contributed by atoms with Crippen LogP contribution in [-0.2, 0) is 6.42 Å². The van der Waals surface area contributed by atoms with Gasteiger partial charge >= 0.3 is 0 Å². The number of aryl methyl sites for hydroxylation is 1. The standard InChI is InChI=1S/C10H8Cl2S/c1-2-6-5-8(11)10-7(9(6)12)3-4-13-10/h3-5H,2H2,1H3. The van der Waals surface area contributed by atoms with Gasteiger partial charge in [0.25, 0.3) is 0 Å². The minimum absolute atomic E-state index is 0.811. The topological polar surface area (TPSA) is 0 Å². The van der Waals surface area contributed by atoms with Crippen molar-refractivity contribution in [3.63, 3.8) is 0 Å². The van der Waals surface area contributed by atoms with E-state index in [1.807, 2.05) is 17.5 Å². The van der Waals surface area contributed by atoms with E-state index in [1.54, 1.807) is 11.3 Å². The lowest BCUT2D eigenvalue weighted by molar-refractivity contribution is 1.15. The molecule has 1 aromatic carbocycles. The zero-order valence-electron chi connectivity index (χ0n) is 7.10. The molecular formula is C10H8Cl2S. The molecule has 1 aromatic heterocycles. The summed E-state index contributed by atoms with van der Waals surface area (Å²) < 4.78 is 1.09. The number of benzene rings is 1. The molecule has 0 unspecified atom stereocenters. The van der Waals surface area contributed by atoms with Gasteiger partial charge in [-0.05, 0) is 29.5 Å². The van der Waals surface area contributed by atoms with Crippen molar-refractivity contribution in [2.75, 3.05) is 0 Å². The first-order valence-electron chi connectivity index (χ1n) is 4.08. The van der Waals surface area contributed by atoms with Crippen molar-refractivity contribution in [2.45, 2.75) is 13.3 Å². The Labute approximate surface area is 91.1 Å². The van der Waals surface area contributed by atoms with Crippen molar-refractivity contribution in [2.24, 2.45) is 0 Å². The van der Waals surface area contributed by atoms with Gasteiger partial charge in [0.1, 0.15) is 0 Å². The largest absolute Gasteiger partial charge is 0.142 e. The third-order valence-corrected chi connectivity index (χ3v) is 3.89. The first kappa shape index (κ1) is 9.32. The molecule has 0 saturated carbocycles. The van der Waals surface area contributed by atoms with Gasteiger partial charge < -0.3 is 0 Å². The predicted octanol–water partition coefficient (Wildman–Crippen LogP) is 4.77. The maximum Gasteiger partial charge on any atom is 0.0588 e. The molecule has 0 fully saturated rings. The molecule has 0 aliphatic carbocycles. The van der Waals surface area contributed by atoms with E-state index in [0.717, 1.165) is 32.1 Å². The Balaban J connectivity index is 2.85. The molecule has 2 aromatic rings. The van der Waals surface area contributed by atoms with Gasteiger partial charge in [0.05, 0.1) is 14.7 Å². The van der Waals surface area contributed by atoms with Crippen molar-refractivity contribution in [3.05, 3.63) is 33.1 Å². The maximum atomic E-state index is 6.20. The molecule has 2 rings (SSSR count). The van der Waals surface area contributed by atoms with Gasteiger partial charge in [-0.3, -0.25) is 0 Å². The van der Waals surface area contributed by atoms with E-state index in [4.69, 9.17) is 23.2 Å². The summed E-state index contributed by atoms with van der Waals surface area (Å²) in [5.41, 5.74) is 1.12. The second kappa shape index (κ2) is 3.49. The van der Waals surface area contributed by atoms with E-state index in [0.29, 0.717) is 0 Å². The summed E-state index contributed by atoms with van der Waals surface area (Å²) >= 11 is 13.9. The van der Waals surface area contributed by atoms with Gasteiger partial charge in [-0.15, -0.1) is 11.3 Å². The minimum Gasteiger partial charge on any atom is -0.142 e. The van der Waals surface area contributed by atoms with Gasteiger partial charge in [0, 0.05) is 5.39 Å². The summed E-state index contributed by atoms with van der Waals surface area (Å²) in [6, 6.07) is 3.98. The second-order valence-electron chi connectivity index (χ2n) is 2.85. The van der Waals surface area contributed by atoms with Crippen LogP contribution in [0.15, 0.2) is 17.5 Å². The molecule has 0 aliphatic rings. The fourth-order valence-corrected chi connectivity index (χ4v) is 2.96. The molecule has 0 saturated heterocycles. The molecule has 13 heavy (non-hydrogen) atoms. The summed E-state index contributed by atoms with van der Waals surface area (Å²) in [5, 5.41) is 4.76. The third kappa shape index (κ3) is 1.45. The molecule has 0 bridgehead atoms. The van der Waals surface area contributed by atoms with Gasteiger partial charge in [-0.25, -0.2) is 0 Å². The Hall–Kier alpha value is -0.240. The van der Waals surface area contributed by atoms with E-state index in [-0.39, 0.29) is 0 Å². The lowest BCUT2D eigenvalue weighted by Gasteiger charge is -2.03. The van der Waals surface area contributed by atoms with Gasteiger partial charge in [-0.2, -0.15) is 0 Å². The number of hydrogen-bond donors (Lipinski definition) is 0. The average Bonchev–Trinajstić information content (AvgIpc) is 2.60. The summed E-state index contributed by atoms with van der Waals surface area (Å²) in [5.74, 6) is 0. The molecule has 0 N–H and O–H groups in total. The maximum absolute atomic E-state index is 6.20. The smallest absolute Gasteiger partial charge is 0.0588 e. The van der Waals surface area contributed by atoms with Crippen LogP contribution in [0.1, 0.15) is 12.5 Å². The number of hydrogen-bond acceptors (Lipinski definition) is 1. The quantitative estimate of drug-likeness (QED) is 0.663. The fourth-order valence-electron chi connectivity index (χ4n) is 1.38. The number of fused-ring (bicyclic) bond motifs is 1. The highest BCUT2D eigenvalue weighted by atomic mass is 35.5. The zero-order valence-corrected chi connectivity index (χ0v) is 9.43. The Kier molecular flexibility index (Phi) is 2.50. The van der Waals surface area contributed by atoms with Crippen molar-refractivity contribution < 1.29 is 0 Å². The summed E-state index contributed by atoms with van der Waals surface area (Å²) in [6.45, 7) is 2.08. The average molecular weight is 231 g/mol. The lowest BCUT2D eigenvalue weighted by atomic mass is 10.1. The van der Waals surface area contributed by atoms with Crippen LogP contribution in [0.5, 0.6) is 0 Å². The molecule has 0 atom stereocenters. The van der Waals surface area contributed by atoms with Crippen LogP contribution in [-0.4, -0.2) is 0 Å². The van der Waals surface area contributed by atoms with Crippen LogP contribution in [0.2, 0.25) is 10.0 Å². The molecule has 68 valence electrons. The molecule has 0 aliphatic heterocycles. The van der Waals surface area contributed by atoms with Crippen LogP contribution in [0.3, 0.4) is 0 Å². The lowest BCUT2D eigenvalue weighted by Crippen LogP contribution is -1.82. The van der Waals surface area contributed by atoms with Crippen LogP contribution in [0, 0.1) is 0 Å². The Morgan fingerprint density at radius 3 is 2.85 bits per heavy atom. The molecule has 0 radical (unpaired) electrons. The van der Waals surface area contributed by atoms with E-state index in [1.165, 1.54) is 0 Å². The molecule has 0 nitrogen and oxygen atoms in total. The fraction of sp³-hybridized carbons (Fsp3) is 0.200. The highest BCUT2D eigenvalue weighted by molar-refractivity contribution is 7.18. The number of halogens is 2. The highest BCUT2D eigenvalue weighted by Crippen LogP contribution is 2.36. The highest BCUT2D eigenvalue weighted by Gasteiger charge is 2.08. The van der Waals surface area contributed by atoms with E-state index in [2.05, 4.69) is 6.92 Å². The van der Waals surface area contributed by atoms with Crippen LogP contribution in [0.25, 0.3) is 10.1 Å². The molecule has 1 heterocycles. The Morgan fingerprint density at radius 1 is 1.38 bits per heavy atom. The third-order valence-electron chi connectivity index (χ3n) is 2.08. The van der Waals surface area contributed by atoms with Crippen molar-refractivity contribution in [1.82, 2.24) is 0 Å². The first-order chi connectivity index (χ1) is 6.24. The Bertz CT molecular complexity index is 445. The summed E-state index contributed by atoms with van der Waals surface area (Å²) in [7, 11) is 0. The normalized spacial score (nSPS) is 11.0. The zero-order chi connectivity index (χ0) is 9.42. The molecule has 0 spiro atoms. The van der Waals surface area contributed by atoms with Gasteiger partial charge in [-0.1, -0.05) is 30.1 Å². The monoisotopic (exact) mass is 230 g/mol.